The number of hydrogen-bond acceptors (Lipinski definition) is 4. The Labute approximate surface area is 121 Å². The maximum absolute atomic E-state index is 6.11. The number of nitrogens with zero attached hydrogens (tertiary/aromatic N) is 1. The molecule has 0 unspecified atom stereocenters. The average molecular weight is 278 g/mol. The fourth-order valence-corrected chi connectivity index (χ4v) is 3.14. The minimum absolute atomic E-state index is 0.136. The lowest BCUT2D eigenvalue weighted by Gasteiger charge is -2.47. The zero-order valence-electron chi connectivity index (χ0n) is 13.2. The molecule has 0 spiro atoms. The van der Waals surface area contributed by atoms with Crippen LogP contribution in [0.2, 0.25) is 0 Å². The lowest BCUT2D eigenvalue weighted by atomic mass is 9.98. The molecule has 112 valence electrons. The number of rotatable bonds is 3. The molecule has 1 aliphatic heterocycles. The first kappa shape index (κ1) is 15.1. The van der Waals surface area contributed by atoms with Crippen molar-refractivity contribution in [2.24, 2.45) is 0 Å². The highest BCUT2D eigenvalue weighted by atomic mass is 16.5. The molecule has 1 saturated heterocycles. The van der Waals surface area contributed by atoms with Gasteiger partial charge in [-0.1, -0.05) is 6.07 Å². The van der Waals surface area contributed by atoms with Crippen molar-refractivity contribution in [2.75, 3.05) is 25.9 Å². The van der Waals surface area contributed by atoms with E-state index in [1.165, 1.54) is 0 Å². The van der Waals surface area contributed by atoms with Gasteiger partial charge in [-0.15, -0.1) is 0 Å². The number of ether oxygens (including phenoxy) is 2. The van der Waals surface area contributed by atoms with Gasteiger partial charge >= 0.3 is 0 Å². The molecular weight excluding hydrogens is 252 g/mol. The Morgan fingerprint density at radius 2 is 1.80 bits per heavy atom. The Morgan fingerprint density at radius 3 is 2.30 bits per heavy atom. The van der Waals surface area contributed by atoms with E-state index in [1.807, 2.05) is 18.2 Å². The number of nitrogens with two attached hydrogens (primary N) is 1. The molecule has 0 atom stereocenters. The van der Waals surface area contributed by atoms with Crippen LogP contribution in [0.15, 0.2) is 18.2 Å². The average Bonchev–Trinajstić information content (AvgIpc) is 2.27. The van der Waals surface area contributed by atoms with Crippen molar-refractivity contribution in [2.45, 2.75) is 45.4 Å². The third-order valence-electron chi connectivity index (χ3n) is 3.51. The molecule has 0 radical (unpaired) electrons. The molecule has 0 saturated carbocycles. The second-order valence-electron chi connectivity index (χ2n) is 6.83. The van der Waals surface area contributed by atoms with Gasteiger partial charge in [0.25, 0.3) is 0 Å². The molecule has 1 heterocycles. The van der Waals surface area contributed by atoms with Crippen LogP contribution in [0.5, 0.6) is 5.75 Å². The summed E-state index contributed by atoms with van der Waals surface area (Å²) < 4.78 is 11.3. The predicted molar refractivity (Wildman–Crippen MR) is 81.9 cm³/mol. The Balaban J connectivity index is 2.13. The summed E-state index contributed by atoms with van der Waals surface area (Å²) in [5, 5.41) is 0. The zero-order valence-corrected chi connectivity index (χ0v) is 13.2. The monoisotopic (exact) mass is 278 g/mol. The molecular formula is C16H26N2O2. The Morgan fingerprint density at radius 1 is 1.20 bits per heavy atom. The third-order valence-corrected chi connectivity index (χ3v) is 3.51. The van der Waals surface area contributed by atoms with E-state index in [2.05, 4.69) is 32.6 Å². The van der Waals surface area contributed by atoms with Crippen LogP contribution in [0.25, 0.3) is 0 Å². The van der Waals surface area contributed by atoms with Gasteiger partial charge < -0.3 is 15.2 Å². The summed E-state index contributed by atoms with van der Waals surface area (Å²) in [6.45, 7) is 11.2. The maximum Gasteiger partial charge on any atom is 0.120 e. The largest absolute Gasteiger partial charge is 0.497 e. The summed E-state index contributed by atoms with van der Waals surface area (Å²) in [5.41, 5.74) is 7.76. The normalized spacial score (nSPS) is 21.6. The number of methoxy groups -OCH3 is 1. The maximum atomic E-state index is 6.11. The summed E-state index contributed by atoms with van der Waals surface area (Å²) in [7, 11) is 1.65. The van der Waals surface area contributed by atoms with E-state index >= 15 is 0 Å². The summed E-state index contributed by atoms with van der Waals surface area (Å²) in [4.78, 5) is 2.40. The van der Waals surface area contributed by atoms with Gasteiger partial charge in [-0.3, -0.25) is 4.90 Å². The zero-order chi connectivity index (χ0) is 15.0. The summed E-state index contributed by atoms with van der Waals surface area (Å²) in [6, 6.07) is 5.89. The minimum atomic E-state index is -0.136. The molecule has 0 aliphatic carbocycles. The summed E-state index contributed by atoms with van der Waals surface area (Å²) in [6.07, 6.45) is 0. The molecule has 1 aliphatic rings. The second kappa shape index (κ2) is 5.26. The number of nitrogen functional groups attached to an aromatic ring is 1. The Hall–Kier alpha value is -1.26. The summed E-state index contributed by atoms with van der Waals surface area (Å²) in [5.74, 6) is 0.800. The molecule has 0 aromatic heterocycles. The molecule has 2 rings (SSSR count). The van der Waals surface area contributed by atoms with Crippen LogP contribution in [0, 0.1) is 0 Å². The van der Waals surface area contributed by atoms with E-state index in [9.17, 15) is 0 Å². The Bertz CT molecular complexity index is 467. The lowest BCUT2D eigenvalue weighted by Crippen LogP contribution is -2.56. The SMILES string of the molecule is COc1ccc(CN2CC(C)(C)OC(C)(C)C2)c(N)c1. The van der Waals surface area contributed by atoms with E-state index < -0.39 is 0 Å². The van der Waals surface area contributed by atoms with Gasteiger partial charge in [-0.2, -0.15) is 0 Å². The van der Waals surface area contributed by atoms with Gasteiger partial charge in [0.05, 0.1) is 18.3 Å². The molecule has 0 amide bonds. The topological polar surface area (TPSA) is 47.7 Å². The van der Waals surface area contributed by atoms with Crippen LogP contribution < -0.4 is 10.5 Å². The quantitative estimate of drug-likeness (QED) is 0.864. The minimum Gasteiger partial charge on any atom is -0.497 e. The van der Waals surface area contributed by atoms with E-state index in [0.29, 0.717) is 0 Å². The molecule has 1 fully saturated rings. The highest BCUT2D eigenvalue weighted by Gasteiger charge is 2.38. The lowest BCUT2D eigenvalue weighted by molar-refractivity contribution is -0.182. The van der Waals surface area contributed by atoms with E-state index in [-0.39, 0.29) is 11.2 Å². The molecule has 0 bridgehead atoms. The van der Waals surface area contributed by atoms with Crippen molar-refractivity contribution in [1.82, 2.24) is 4.90 Å². The van der Waals surface area contributed by atoms with Crippen molar-refractivity contribution in [3.63, 3.8) is 0 Å². The standard InChI is InChI=1S/C16H26N2O2/c1-15(2)10-18(11-16(3,4)20-15)9-12-6-7-13(19-5)8-14(12)17/h6-8H,9-11,17H2,1-5H3. The van der Waals surface area contributed by atoms with Crippen LogP contribution in [-0.4, -0.2) is 36.3 Å². The van der Waals surface area contributed by atoms with Crippen LogP contribution in [-0.2, 0) is 11.3 Å². The van der Waals surface area contributed by atoms with Gasteiger partial charge in [0.2, 0.25) is 0 Å². The first-order chi connectivity index (χ1) is 9.21. The van der Waals surface area contributed by atoms with Crippen LogP contribution in [0.1, 0.15) is 33.3 Å². The number of benzene rings is 1. The van der Waals surface area contributed by atoms with Crippen molar-refractivity contribution >= 4 is 5.69 Å². The van der Waals surface area contributed by atoms with Crippen LogP contribution >= 0.6 is 0 Å². The van der Waals surface area contributed by atoms with Gasteiger partial charge in [0.1, 0.15) is 5.75 Å². The molecule has 1 aromatic rings. The van der Waals surface area contributed by atoms with Crippen molar-refractivity contribution in [3.05, 3.63) is 23.8 Å². The highest BCUT2D eigenvalue weighted by molar-refractivity contribution is 5.51. The van der Waals surface area contributed by atoms with Crippen molar-refractivity contribution in [3.8, 4) is 5.75 Å². The molecule has 4 nitrogen and oxygen atoms in total. The number of hydrogen-bond donors (Lipinski definition) is 1. The van der Waals surface area contributed by atoms with E-state index in [1.54, 1.807) is 7.11 Å². The van der Waals surface area contributed by atoms with E-state index in [4.69, 9.17) is 15.2 Å². The first-order valence-corrected chi connectivity index (χ1v) is 7.06. The van der Waals surface area contributed by atoms with Gasteiger partial charge in [0.15, 0.2) is 0 Å². The second-order valence-corrected chi connectivity index (χ2v) is 6.83. The third kappa shape index (κ3) is 3.64. The number of anilines is 1. The molecule has 2 N–H and O–H groups in total. The molecule has 1 aromatic carbocycles. The highest BCUT2D eigenvalue weighted by Crippen LogP contribution is 2.30. The van der Waals surface area contributed by atoms with Crippen molar-refractivity contribution in [1.29, 1.82) is 0 Å². The van der Waals surface area contributed by atoms with Gasteiger partial charge in [-0.05, 0) is 39.3 Å². The predicted octanol–water partition coefficient (Wildman–Crippen LogP) is 2.67. The Kier molecular flexibility index (Phi) is 3.98. The fraction of sp³-hybridized carbons (Fsp3) is 0.625. The van der Waals surface area contributed by atoms with Crippen molar-refractivity contribution < 1.29 is 9.47 Å². The number of morpholine rings is 1. The fourth-order valence-electron chi connectivity index (χ4n) is 3.14. The van der Waals surface area contributed by atoms with E-state index in [0.717, 1.165) is 36.6 Å². The first-order valence-electron chi connectivity index (χ1n) is 7.06. The molecule has 20 heavy (non-hydrogen) atoms. The van der Waals surface area contributed by atoms with Gasteiger partial charge in [0, 0.05) is 31.4 Å². The molecule has 4 heteroatoms. The summed E-state index contributed by atoms with van der Waals surface area (Å²) >= 11 is 0. The van der Waals surface area contributed by atoms with Gasteiger partial charge in [-0.25, -0.2) is 0 Å². The smallest absolute Gasteiger partial charge is 0.120 e. The van der Waals surface area contributed by atoms with Crippen LogP contribution in [0.4, 0.5) is 5.69 Å². The van der Waals surface area contributed by atoms with Crippen LogP contribution in [0.3, 0.4) is 0 Å².